The minimum absolute atomic E-state index is 0.0662. The van der Waals surface area contributed by atoms with Gasteiger partial charge in [0.2, 0.25) is 15.9 Å². The number of hydrogen-bond acceptors (Lipinski definition) is 3. The monoisotopic (exact) mass is 268 g/mol. The summed E-state index contributed by atoms with van der Waals surface area (Å²) < 4.78 is 25.8. The van der Waals surface area contributed by atoms with Crippen molar-refractivity contribution < 1.29 is 13.2 Å². The van der Waals surface area contributed by atoms with E-state index in [2.05, 4.69) is 16.6 Å². The van der Waals surface area contributed by atoms with Gasteiger partial charge in [0.25, 0.3) is 0 Å². The molecule has 1 rings (SSSR count). The molecule has 5 nitrogen and oxygen atoms in total. The molecule has 0 radical (unpaired) electrons. The van der Waals surface area contributed by atoms with Crippen molar-refractivity contribution in [3.8, 4) is 0 Å². The number of amides is 1. The van der Waals surface area contributed by atoms with Gasteiger partial charge in [-0.05, 0) is 11.6 Å². The quantitative estimate of drug-likeness (QED) is 0.555. The number of hydrogen-bond donors (Lipinski definition) is 2. The van der Waals surface area contributed by atoms with Crippen LogP contribution in [0.2, 0.25) is 0 Å². The molecule has 98 valence electrons. The Morgan fingerprint density at radius 1 is 1.22 bits per heavy atom. The average molecular weight is 268 g/mol. The van der Waals surface area contributed by atoms with E-state index in [4.69, 9.17) is 0 Å². The first-order chi connectivity index (χ1) is 8.53. The van der Waals surface area contributed by atoms with Crippen molar-refractivity contribution in [1.29, 1.82) is 0 Å². The van der Waals surface area contributed by atoms with Crippen molar-refractivity contribution >= 4 is 15.9 Å². The highest BCUT2D eigenvalue weighted by molar-refractivity contribution is 7.88. The van der Waals surface area contributed by atoms with E-state index >= 15 is 0 Å². The molecule has 0 saturated heterocycles. The summed E-state index contributed by atoms with van der Waals surface area (Å²) in [7, 11) is -3.37. The zero-order valence-electron chi connectivity index (χ0n) is 9.93. The third-order valence-corrected chi connectivity index (χ3v) is 3.49. The second kappa shape index (κ2) is 6.93. The van der Waals surface area contributed by atoms with Crippen LogP contribution < -0.4 is 10.0 Å². The Morgan fingerprint density at radius 2 is 1.89 bits per heavy atom. The number of nitrogens with one attached hydrogen (secondary N) is 2. The maximum absolute atomic E-state index is 11.7. The summed E-state index contributed by atoms with van der Waals surface area (Å²) in [5, 5.41) is 2.48. The predicted octanol–water partition coefficient (Wildman–Crippen LogP) is 0.408. The van der Waals surface area contributed by atoms with Crippen LogP contribution in [0.5, 0.6) is 0 Å². The molecule has 0 bridgehead atoms. The molecule has 0 heterocycles. The minimum atomic E-state index is -3.37. The number of benzene rings is 1. The predicted molar refractivity (Wildman–Crippen MR) is 70.3 cm³/mol. The van der Waals surface area contributed by atoms with E-state index in [0.717, 1.165) is 11.6 Å². The molecule has 0 aromatic heterocycles. The molecule has 0 aliphatic carbocycles. The van der Waals surface area contributed by atoms with Crippen molar-refractivity contribution in [1.82, 2.24) is 10.0 Å². The van der Waals surface area contributed by atoms with Crippen LogP contribution in [0.1, 0.15) is 5.56 Å². The van der Waals surface area contributed by atoms with Gasteiger partial charge in [-0.1, -0.05) is 36.9 Å². The smallest absolute Gasteiger partial charge is 0.243 e. The summed E-state index contributed by atoms with van der Waals surface area (Å²) in [5.74, 6) is -0.388. The molecule has 0 fully saturated rings. The van der Waals surface area contributed by atoms with Gasteiger partial charge in [-0.3, -0.25) is 4.79 Å². The zero-order valence-corrected chi connectivity index (χ0v) is 10.7. The molecule has 0 unspecified atom stereocenters. The van der Waals surface area contributed by atoms with Crippen molar-refractivity contribution in [2.24, 2.45) is 0 Å². The Bertz CT molecular complexity index is 497. The van der Waals surface area contributed by atoms with Crippen LogP contribution in [0.25, 0.3) is 0 Å². The number of sulfonamides is 1. The molecule has 1 aromatic rings. The topological polar surface area (TPSA) is 75.3 Å². The maximum atomic E-state index is 11.7. The lowest BCUT2D eigenvalue weighted by molar-refractivity contribution is -0.116. The van der Waals surface area contributed by atoms with Gasteiger partial charge >= 0.3 is 0 Å². The van der Waals surface area contributed by atoms with E-state index < -0.39 is 10.0 Å². The Balaban J connectivity index is 2.37. The van der Waals surface area contributed by atoms with Gasteiger partial charge in [-0.15, -0.1) is 0 Å². The molecule has 18 heavy (non-hydrogen) atoms. The van der Waals surface area contributed by atoms with Crippen molar-refractivity contribution in [2.45, 2.75) is 5.75 Å². The number of carbonyl (C=O) groups is 1. The normalized spacial score (nSPS) is 10.9. The first kappa shape index (κ1) is 14.4. The third kappa shape index (κ3) is 5.60. The van der Waals surface area contributed by atoms with E-state index in [1.807, 2.05) is 6.07 Å². The van der Waals surface area contributed by atoms with E-state index in [0.29, 0.717) is 0 Å². The van der Waals surface area contributed by atoms with Crippen LogP contribution in [-0.4, -0.2) is 27.4 Å². The van der Waals surface area contributed by atoms with Gasteiger partial charge in [-0.25, -0.2) is 13.1 Å². The maximum Gasteiger partial charge on any atom is 0.243 e. The Morgan fingerprint density at radius 3 is 2.50 bits per heavy atom. The lowest BCUT2D eigenvalue weighted by Gasteiger charge is -2.07. The summed E-state index contributed by atoms with van der Waals surface area (Å²) in [4.78, 5) is 10.8. The Hall–Kier alpha value is -1.66. The molecule has 1 amide bonds. The zero-order chi connectivity index (χ0) is 13.4. The molecule has 0 atom stereocenters. The van der Waals surface area contributed by atoms with Gasteiger partial charge in [0.05, 0.1) is 5.75 Å². The summed E-state index contributed by atoms with van der Waals surface area (Å²) in [6.45, 7) is 3.69. The van der Waals surface area contributed by atoms with Gasteiger partial charge in [0.15, 0.2) is 0 Å². The van der Waals surface area contributed by atoms with Crippen molar-refractivity contribution in [3.63, 3.8) is 0 Å². The SMILES string of the molecule is C=CC(=O)NCCNS(=O)(=O)Cc1ccccc1. The summed E-state index contributed by atoms with van der Waals surface area (Å²) >= 11 is 0. The molecule has 2 N–H and O–H groups in total. The summed E-state index contributed by atoms with van der Waals surface area (Å²) in [5.41, 5.74) is 0.722. The fourth-order valence-corrected chi connectivity index (χ4v) is 2.46. The van der Waals surface area contributed by atoms with Gasteiger partial charge < -0.3 is 5.32 Å². The number of carbonyl (C=O) groups excluding carboxylic acids is 1. The van der Waals surface area contributed by atoms with E-state index in [9.17, 15) is 13.2 Å². The van der Waals surface area contributed by atoms with Crippen LogP contribution in [0, 0.1) is 0 Å². The van der Waals surface area contributed by atoms with Crippen LogP contribution in [0.4, 0.5) is 0 Å². The van der Waals surface area contributed by atoms with E-state index in [1.54, 1.807) is 24.3 Å². The average Bonchev–Trinajstić information content (AvgIpc) is 2.35. The van der Waals surface area contributed by atoms with Crippen LogP contribution in [-0.2, 0) is 20.6 Å². The Labute approximate surface area is 107 Å². The van der Waals surface area contributed by atoms with Crippen molar-refractivity contribution in [2.75, 3.05) is 13.1 Å². The summed E-state index contributed by atoms with van der Waals surface area (Å²) in [6.07, 6.45) is 1.14. The summed E-state index contributed by atoms with van der Waals surface area (Å²) in [6, 6.07) is 8.90. The van der Waals surface area contributed by atoms with Gasteiger partial charge in [0, 0.05) is 13.1 Å². The number of rotatable bonds is 7. The Kier molecular flexibility index (Phi) is 5.54. The second-order valence-corrected chi connectivity index (χ2v) is 5.44. The van der Waals surface area contributed by atoms with Crippen molar-refractivity contribution in [3.05, 3.63) is 48.6 Å². The molecule has 0 saturated carbocycles. The highest BCUT2D eigenvalue weighted by Gasteiger charge is 2.10. The van der Waals surface area contributed by atoms with Crippen LogP contribution in [0.15, 0.2) is 43.0 Å². The minimum Gasteiger partial charge on any atom is -0.351 e. The van der Waals surface area contributed by atoms with Crippen LogP contribution in [0.3, 0.4) is 0 Å². The van der Waals surface area contributed by atoms with Gasteiger partial charge in [-0.2, -0.15) is 0 Å². The first-order valence-corrected chi connectivity index (χ1v) is 7.10. The van der Waals surface area contributed by atoms with Crippen LogP contribution >= 0.6 is 0 Å². The fourth-order valence-electron chi connectivity index (χ4n) is 1.31. The van der Waals surface area contributed by atoms with E-state index in [1.165, 1.54) is 0 Å². The molecular weight excluding hydrogens is 252 g/mol. The molecular formula is C12H16N2O3S. The highest BCUT2D eigenvalue weighted by atomic mass is 32.2. The first-order valence-electron chi connectivity index (χ1n) is 5.45. The standard InChI is InChI=1S/C12H16N2O3S/c1-2-12(15)13-8-9-14-18(16,17)10-11-6-4-3-5-7-11/h2-7,14H,1,8-10H2,(H,13,15). The third-order valence-electron chi connectivity index (χ3n) is 2.13. The molecule has 6 heteroatoms. The molecule has 0 aliphatic rings. The molecule has 1 aromatic carbocycles. The van der Waals surface area contributed by atoms with E-state index in [-0.39, 0.29) is 24.7 Å². The van der Waals surface area contributed by atoms with Gasteiger partial charge in [0.1, 0.15) is 0 Å². The lowest BCUT2D eigenvalue weighted by Crippen LogP contribution is -2.34. The highest BCUT2D eigenvalue weighted by Crippen LogP contribution is 2.03. The largest absolute Gasteiger partial charge is 0.351 e. The molecule has 0 spiro atoms. The lowest BCUT2D eigenvalue weighted by atomic mass is 10.2. The molecule has 0 aliphatic heterocycles. The second-order valence-electron chi connectivity index (χ2n) is 3.63. The fraction of sp³-hybridized carbons (Fsp3) is 0.250.